The molecule has 6 nitrogen and oxygen atoms in total. The maximum absolute atomic E-state index is 5.57. The Morgan fingerprint density at radius 2 is 2.13 bits per heavy atom. The van der Waals surface area contributed by atoms with Crippen molar-refractivity contribution in [2.45, 2.75) is 33.7 Å². The lowest BCUT2D eigenvalue weighted by Gasteiger charge is -2.12. The average Bonchev–Trinajstić information content (AvgIpc) is 2.55. The monoisotopic (exact) mass is 322 g/mol. The van der Waals surface area contributed by atoms with Crippen LogP contribution in [0, 0.1) is 5.92 Å². The normalized spacial score (nSPS) is 11.6. The third kappa shape index (κ3) is 9.03. The summed E-state index contributed by atoms with van der Waals surface area (Å²) in [4.78, 5) is 8.74. The Bertz CT molecular complexity index is 446. The summed E-state index contributed by atoms with van der Waals surface area (Å²) in [6, 6.07) is 3.82. The van der Waals surface area contributed by atoms with E-state index in [1.807, 2.05) is 12.1 Å². The minimum absolute atomic E-state index is 0.580. The molecule has 0 saturated carbocycles. The molecule has 1 heterocycles. The SMILES string of the molecule is CCNC(=NCc1ccc(OC)nc1)NCCCOCC(C)C. The zero-order chi connectivity index (χ0) is 16.9. The Kier molecular flexibility index (Phi) is 9.79. The first-order valence-electron chi connectivity index (χ1n) is 8.24. The van der Waals surface area contributed by atoms with Crippen molar-refractivity contribution in [3.63, 3.8) is 0 Å². The van der Waals surface area contributed by atoms with Crippen molar-refractivity contribution in [3.05, 3.63) is 23.9 Å². The second-order valence-electron chi connectivity index (χ2n) is 5.65. The van der Waals surface area contributed by atoms with Crippen LogP contribution in [0.5, 0.6) is 5.88 Å². The van der Waals surface area contributed by atoms with Gasteiger partial charge >= 0.3 is 0 Å². The maximum Gasteiger partial charge on any atom is 0.212 e. The molecule has 2 N–H and O–H groups in total. The van der Waals surface area contributed by atoms with Crippen molar-refractivity contribution in [1.82, 2.24) is 15.6 Å². The first kappa shape index (κ1) is 19.2. The number of hydrogen-bond acceptors (Lipinski definition) is 4. The molecule has 0 aliphatic heterocycles. The Morgan fingerprint density at radius 1 is 1.30 bits per heavy atom. The van der Waals surface area contributed by atoms with Gasteiger partial charge in [0.15, 0.2) is 5.96 Å². The fourth-order valence-corrected chi connectivity index (χ4v) is 1.84. The molecular formula is C17H30N4O2. The van der Waals surface area contributed by atoms with E-state index in [4.69, 9.17) is 9.47 Å². The van der Waals surface area contributed by atoms with Crippen molar-refractivity contribution < 1.29 is 9.47 Å². The van der Waals surface area contributed by atoms with Crippen molar-refractivity contribution in [1.29, 1.82) is 0 Å². The van der Waals surface area contributed by atoms with E-state index in [0.717, 1.165) is 44.2 Å². The van der Waals surface area contributed by atoms with Gasteiger partial charge in [0.2, 0.25) is 5.88 Å². The fraction of sp³-hybridized carbons (Fsp3) is 0.647. The molecule has 0 aliphatic carbocycles. The molecular weight excluding hydrogens is 292 g/mol. The van der Waals surface area contributed by atoms with Gasteiger partial charge in [-0.1, -0.05) is 19.9 Å². The van der Waals surface area contributed by atoms with Crippen molar-refractivity contribution in [2.24, 2.45) is 10.9 Å². The molecule has 0 atom stereocenters. The summed E-state index contributed by atoms with van der Waals surface area (Å²) in [5, 5.41) is 6.55. The highest BCUT2D eigenvalue weighted by molar-refractivity contribution is 5.79. The minimum Gasteiger partial charge on any atom is -0.481 e. The number of methoxy groups -OCH3 is 1. The van der Waals surface area contributed by atoms with Gasteiger partial charge in [0.25, 0.3) is 0 Å². The van der Waals surface area contributed by atoms with Gasteiger partial charge in [0.05, 0.1) is 13.7 Å². The van der Waals surface area contributed by atoms with Crippen LogP contribution in [-0.2, 0) is 11.3 Å². The molecule has 130 valence electrons. The molecule has 0 amide bonds. The van der Waals surface area contributed by atoms with Crippen LogP contribution in [0.2, 0.25) is 0 Å². The van der Waals surface area contributed by atoms with Gasteiger partial charge in [0.1, 0.15) is 0 Å². The molecule has 0 unspecified atom stereocenters. The smallest absolute Gasteiger partial charge is 0.212 e. The quantitative estimate of drug-likeness (QED) is 0.393. The van der Waals surface area contributed by atoms with E-state index >= 15 is 0 Å². The molecule has 0 saturated heterocycles. The molecule has 23 heavy (non-hydrogen) atoms. The van der Waals surface area contributed by atoms with Crippen LogP contribution in [0.4, 0.5) is 0 Å². The van der Waals surface area contributed by atoms with Crippen LogP contribution in [-0.4, -0.2) is 44.4 Å². The molecule has 0 aromatic carbocycles. The van der Waals surface area contributed by atoms with Gasteiger partial charge in [-0.25, -0.2) is 9.98 Å². The van der Waals surface area contributed by atoms with Crippen LogP contribution in [0.25, 0.3) is 0 Å². The summed E-state index contributed by atoms with van der Waals surface area (Å²) in [5.41, 5.74) is 1.04. The number of aromatic nitrogens is 1. The number of nitrogens with one attached hydrogen (secondary N) is 2. The first-order chi connectivity index (χ1) is 11.2. The van der Waals surface area contributed by atoms with E-state index in [9.17, 15) is 0 Å². The van der Waals surface area contributed by atoms with E-state index in [1.165, 1.54) is 0 Å². The molecule has 6 heteroatoms. The van der Waals surface area contributed by atoms with Gasteiger partial charge < -0.3 is 20.1 Å². The third-order valence-electron chi connectivity index (χ3n) is 2.98. The topological polar surface area (TPSA) is 67.8 Å². The summed E-state index contributed by atoms with van der Waals surface area (Å²) in [7, 11) is 1.61. The molecule has 0 fully saturated rings. The zero-order valence-electron chi connectivity index (χ0n) is 14.8. The van der Waals surface area contributed by atoms with Crippen molar-refractivity contribution in [2.75, 3.05) is 33.4 Å². The highest BCUT2D eigenvalue weighted by Crippen LogP contribution is 2.07. The average molecular weight is 322 g/mol. The summed E-state index contributed by atoms with van der Waals surface area (Å²) in [6.45, 7) is 10.2. The number of nitrogens with zero attached hydrogens (tertiary/aromatic N) is 2. The second kappa shape index (κ2) is 11.7. The lowest BCUT2D eigenvalue weighted by atomic mass is 10.2. The van der Waals surface area contributed by atoms with E-state index in [0.29, 0.717) is 18.3 Å². The van der Waals surface area contributed by atoms with E-state index < -0.39 is 0 Å². The number of hydrogen-bond donors (Lipinski definition) is 2. The van der Waals surface area contributed by atoms with Gasteiger partial charge in [-0.15, -0.1) is 0 Å². The largest absolute Gasteiger partial charge is 0.481 e. The van der Waals surface area contributed by atoms with E-state index in [1.54, 1.807) is 13.3 Å². The van der Waals surface area contributed by atoms with Crippen LogP contribution in [0.1, 0.15) is 32.8 Å². The molecule has 0 radical (unpaired) electrons. The standard InChI is InChI=1S/C17H30N4O2/c1-5-18-17(19-9-6-10-23-13-14(2)3)21-12-15-7-8-16(22-4)20-11-15/h7-8,11,14H,5-6,9-10,12-13H2,1-4H3,(H2,18,19,21). The number of ether oxygens (including phenoxy) is 2. The van der Waals surface area contributed by atoms with Crippen molar-refractivity contribution >= 4 is 5.96 Å². The van der Waals surface area contributed by atoms with Gasteiger partial charge in [-0.2, -0.15) is 0 Å². The number of rotatable bonds is 10. The Balaban J connectivity index is 2.34. The van der Waals surface area contributed by atoms with Gasteiger partial charge in [0, 0.05) is 38.6 Å². The fourth-order valence-electron chi connectivity index (χ4n) is 1.84. The molecule has 1 aromatic heterocycles. The van der Waals surface area contributed by atoms with Crippen LogP contribution >= 0.6 is 0 Å². The summed E-state index contributed by atoms with van der Waals surface area (Å²) in [6.07, 6.45) is 2.74. The summed E-state index contributed by atoms with van der Waals surface area (Å²) >= 11 is 0. The summed E-state index contributed by atoms with van der Waals surface area (Å²) < 4.78 is 10.6. The van der Waals surface area contributed by atoms with Crippen LogP contribution in [0.3, 0.4) is 0 Å². The lowest BCUT2D eigenvalue weighted by Crippen LogP contribution is -2.38. The Hall–Kier alpha value is -1.82. The Labute approximate surface area is 139 Å². The van der Waals surface area contributed by atoms with Gasteiger partial charge in [-0.3, -0.25) is 0 Å². The second-order valence-corrected chi connectivity index (χ2v) is 5.65. The van der Waals surface area contributed by atoms with Gasteiger partial charge in [-0.05, 0) is 24.8 Å². The lowest BCUT2D eigenvalue weighted by molar-refractivity contribution is 0.108. The molecule has 1 aromatic rings. The maximum atomic E-state index is 5.57. The van der Waals surface area contributed by atoms with E-state index in [2.05, 4.69) is 41.4 Å². The molecule has 1 rings (SSSR count). The number of aliphatic imine (C=N–C) groups is 1. The zero-order valence-corrected chi connectivity index (χ0v) is 14.8. The predicted molar refractivity (Wildman–Crippen MR) is 93.9 cm³/mol. The van der Waals surface area contributed by atoms with Crippen molar-refractivity contribution in [3.8, 4) is 5.88 Å². The first-order valence-corrected chi connectivity index (χ1v) is 8.24. The molecule has 0 spiro atoms. The number of pyridine rings is 1. The minimum atomic E-state index is 0.580. The predicted octanol–water partition coefficient (Wildman–Crippen LogP) is 2.21. The van der Waals surface area contributed by atoms with Crippen LogP contribution in [0.15, 0.2) is 23.3 Å². The highest BCUT2D eigenvalue weighted by Gasteiger charge is 1.99. The number of guanidine groups is 1. The van der Waals surface area contributed by atoms with E-state index in [-0.39, 0.29) is 0 Å². The molecule has 0 aliphatic rings. The third-order valence-corrected chi connectivity index (χ3v) is 2.98. The highest BCUT2D eigenvalue weighted by atomic mass is 16.5. The Morgan fingerprint density at radius 3 is 2.74 bits per heavy atom. The van der Waals surface area contributed by atoms with Crippen LogP contribution < -0.4 is 15.4 Å². The summed E-state index contributed by atoms with van der Waals surface area (Å²) in [5.74, 6) is 2.01. The molecule has 0 bridgehead atoms.